The lowest BCUT2D eigenvalue weighted by atomic mass is 10.0. The summed E-state index contributed by atoms with van der Waals surface area (Å²) in [5.74, 6) is 0.0240. The molecule has 2 aromatic rings. The van der Waals surface area contributed by atoms with Crippen molar-refractivity contribution in [3.05, 3.63) is 35.2 Å². The van der Waals surface area contributed by atoms with E-state index in [1.807, 2.05) is 29.6 Å². The number of rotatable bonds is 5. The first-order valence-electron chi connectivity index (χ1n) is 7.73. The number of benzene rings is 1. The van der Waals surface area contributed by atoms with Crippen LogP contribution in [0.4, 0.5) is 0 Å². The van der Waals surface area contributed by atoms with E-state index in [9.17, 15) is 9.59 Å². The summed E-state index contributed by atoms with van der Waals surface area (Å²) in [6, 6.07) is 8.10. The molecule has 0 saturated carbocycles. The maximum absolute atomic E-state index is 12.3. The zero-order valence-corrected chi connectivity index (χ0v) is 13.2. The minimum absolute atomic E-state index is 0.0263. The summed E-state index contributed by atoms with van der Waals surface area (Å²) in [7, 11) is 0. The highest BCUT2D eigenvalue weighted by Gasteiger charge is 2.17. The zero-order valence-electron chi connectivity index (χ0n) is 12.4. The van der Waals surface area contributed by atoms with E-state index in [2.05, 4.69) is 10.6 Å². The van der Waals surface area contributed by atoms with Crippen molar-refractivity contribution in [1.82, 2.24) is 10.6 Å². The van der Waals surface area contributed by atoms with Gasteiger partial charge in [-0.3, -0.25) is 9.59 Å². The van der Waals surface area contributed by atoms with E-state index in [0.717, 1.165) is 41.6 Å². The van der Waals surface area contributed by atoms with Gasteiger partial charge in [0, 0.05) is 46.5 Å². The van der Waals surface area contributed by atoms with Crippen molar-refractivity contribution >= 4 is 33.1 Å². The first kappa shape index (κ1) is 15.2. The first-order chi connectivity index (χ1) is 10.7. The van der Waals surface area contributed by atoms with Gasteiger partial charge in [-0.1, -0.05) is 18.2 Å². The van der Waals surface area contributed by atoms with Crippen molar-refractivity contribution in [1.29, 1.82) is 0 Å². The number of nitrogens with one attached hydrogen (secondary N) is 2. The molecule has 4 nitrogen and oxygen atoms in total. The Bertz CT molecular complexity index is 674. The van der Waals surface area contributed by atoms with Gasteiger partial charge in [0.15, 0.2) is 5.78 Å². The van der Waals surface area contributed by atoms with Gasteiger partial charge in [-0.25, -0.2) is 0 Å². The molecule has 0 bridgehead atoms. The second-order valence-corrected chi connectivity index (χ2v) is 6.59. The van der Waals surface area contributed by atoms with Crippen molar-refractivity contribution in [3.8, 4) is 0 Å². The molecule has 0 spiro atoms. The first-order valence-corrected chi connectivity index (χ1v) is 8.61. The molecule has 1 saturated heterocycles. The largest absolute Gasteiger partial charge is 0.352 e. The van der Waals surface area contributed by atoms with Crippen LogP contribution >= 0.6 is 11.3 Å². The molecule has 1 atom stereocenters. The van der Waals surface area contributed by atoms with Crippen LogP contribution in [0, 0.1) is 0 Å². The highest BCUT2D eigenvalue weighted by molar-refractivity contribution is 7.17. The summed E-state index contributed by atoms with van der Waals surface area (Å²) in [5.41, 5.74) is 0.743. The Morgan fingerprint density at radius 3 is 2.95 bits per heavy atom. The average molecular weight is 316 g/mol. The van der Waals surface area contributed by atoms with Gasteiger partial charge in [0.05, 0.1) is 0 Å². The van der Waals surface area contributed by atoms with Crippen LogP contribution in [0.3, 0.4) is 0 Å². The Morgan fingerprint density at radius 2 is 2.14 bits per heavy atom. The van der Waals surface area contributed by atoms with Crippen LogP contribution in [0.25, 0.3) is 10.1 Å². The number of fused-ring (bicyclic) bond motifs is 1. The molecule has 1 amide bonds. The van der Waals surface area contributed by atoms with E-state index >= 15 is 0 Å². The standard InChI is InChI=1S/C17H20N2O2S/c20-15(14-11-22-16-6-2-1-5-13(14)16)7-8-17(21)19-12-4-3-9-18-10-12/h1-2,5-6,11-12,18H,3-4,7-10H2,(H,19,21)/t12-/m0/s1. The van der Waals surface area contributed by atoms with E-state index in [1.165, 1.54) is 0 Å². The molecule has 1 aliphatic rings. The Hall–Kier alpha value is -1.72. The molecule has 1 aromatic carbocycles. The summed E-state index contributed by atoms with van der Waals surface area (Å²) in [6.07, 6.45) is 2.64. The average Bonchev–Trinajstić information content (AvgIpc) is 2.98. The molecule has 3 rings (SSSR count). The predicted octanol–water partition coefficient (Wildman–Crippen LogP) is 2.73. The van der Waals surface area contributed by atoms with Gasteiger partial charge >= 0.3 is 0 Å². The molecule has 2 N–H and O–H groups in total. The summed E-state index contributed by atoms with van der Waals surface area (Å²) in [4.78, 5) is 24.3. The minimum atomic E-state index is -0.0263. The van der Waals surface area contributed by atoms with Gasteiger partial charge in [0.25, 0.3) is 0 Å². The molecule has 1 aromatic heterocycles. The van der Waals surface area contributed by atoms with Crippen LogP contribution in [0.5, 0.6) is 0 Å². The van der Waals surface area contributed by atoms with E-state index < -0.39 is 0 Å². The highest BCUT2D eigenvalue weighted by Crippen LogP contribution is 2.26. The number of ketones is 1. The maximum atomic E-state index is 12.3. The van der Waals surface area contributed by atoms with Gasteiger partial charge in [-0.2, -0.15) is 0 Å². The quantitative estimate of drug-likeness (QED) is 0.834. The fourth-order valence-corrected chi connectivity index (χ4v) is 3.80. The van der Waals surface area contributed by atoms with Crippen molar-refractivity contribution in [2.45, 2.75) is 31.7 Å². The Labute approximate surface area is 133 Å². The van der Waals surface area contributed by atoms with Gasteiger partial charge in [-0.15, -0.1) is 11.3 Å². The molecule has 0 unspecified atom stereocenters. The smallest absolute Gasteiger partial charge is 0.220 e. The number of carbonyl (C=O) groups excluding carboxylic acids is 2. The summed E-state index contributed by atoms with van der Waals surface area (Å²) in [5, 5.41) is 9.17. The number of hydrogen-bond acceptors (Lipinski definition) is 4. The third-order valence-electron chi connectivity index (χ3n) is 4.02. The minimum Gasteiger partial charge on any atom is -0.352 e. The summed E-state index contributed by atoms with van der Waals surface area (Å²) in [6.45, 7) is 1.85. The SMILES string of the molecule is O=C(CCC(=O)c1csc2ccccc12)N[C@H]1CCCNC1. The van der Waals surface area contributed by atoms with Crippen LogP contribution in [0.15, 0.2) is 29.6 Å². The fourth-order valence-electron chi connectivity index (χ4n) is 2.83. The van der Waals surface area contributed by atoms with E-state index in [0.29, 0.717) is 0 Å². The molecule has 0 radical (unpaired) electrons. The molecule has 116 valence electrons. The Morgan fingerprint density at radius 1 is 1.27 bits per heavy atom. The van der Waals surface area contributed by atoms with Gasteiger partial charge < -0.3 is 10.6 Å². The number of Topliss-reactive ketones (excluding diaryl/α,β-unsaturated/α-hetero) is 1. The van der Waals surface area contributed by atoms with Crippen molar-refractivity contribution in [2.24, 2.45) is 0 Å². The van der Waals surface area contributed by atoms with Crippen LogP contribution < -0.4 is 10.6 Å². The molecular weight excluding hydrogens is 296 g/mol. The topological polar surface area (TPSA) is 58.2 Å². The van der Waals surface area contributed by atoms with Crippen molar-refractivity contribution in [3.63, 3.8) is 0 Å². The molecule has 2 heterocycles. The number of hydrogen-bond donors (Lipinski definition) is 2. The second kappa shape index (κ2) is 7.03. The van der Waals surface area contributed by atoms with Gasteiger partial charge in [0.2, 0.25) is 5.91 Å². The third kappa shape index (κ3) is 3.54. The number of amides is 1. The van der Waals surface area contributed by atoms with Gasteiger partial charge in [0.1, 0.15) is 0 Å². The Balaban J connectivity index is 1.54. The van der Waals surface area contributed by atoms with Crippen molar-refractivity contribution < 1.29 is 9.59 Å². The third-order valence-corrected chi connectivity index (χ3v) is 4.99. The van der Waals surface area contributed by atoms with Gasteiger partial charge in [-0.05, 0) is 25.5 Å². The summed E-state index contributed by atoms with van der Waals surface area (Å²) >= 11 is 1.58. The number of carbonyl (C=O) groups is 2. The summed E-state index contributed by atoms with van der Waals surface area (Å²) < 4.78 is 1.11. The highest BCUT2D eigenvalue weighted by atomic mass is 32.1. The lowest BCUT2D eigenvalue weighted by Gasteiger charge is -2.23. The van der Waals surface area contributed by atoms with Crippen LogP contribution in [0.2, 0.25) is 0 Å². The van der Waals surface area contributed by atoms with Crippen LogP contribution in [-0.4, -0.2) is 30.8 Å². The molecule has 0 aliphatic carbocycles. The normalized spacial score (nSPS) is 18.3. The van der Waals surface area contributed by atoms with E-state index in [1.54, 1.807) is 11.3 Å². The number of thiophene rings is 1. The monoisotopic (exact) mass is 316 g/mol. The lowest BCUT2D eigenvalue weighted by Crippen LogP contribution is -2.45. The second-order valence-electron chi connectivity index (χ2n) is 5.68. The van der Waals surface area contributed by atoms with E-state index in [-0.39, 0.29) is 30.6 Å². The zero-order chi connectivity index (χ0) is 15.4. The van der Waals surface area contributed by atoms with E-state index in [4.69, 9.17) is 0 Å². The molecule has 1 aliphatic heterocycles. The fraction of sp³-hybridized carbons (Fsp3) is 0.412. The predicted molar refractivity (Wildman–Crippen MR) is 89.4 cm³/mol. The maximum Gasteiger partial charge on any atom is 0.220 e. The van der Waals surface area contributed by atoms with Crippen LogP contribution in [0.1, 0.15) is 36.0 Å². The van der Waals surface area contributed by atoms with Crippen LogP contribution in [-0.2, 0) is 4.79 Å². The lowest BCUT2D eigenvalue weighted by molar-refractivity contribution is -0.121. The number of piperidine rings is 1. The Kier molecular flexibility index (Phi) is 4.85. The van der Waals surface area contributed by atoms with Crippen molar-refractivity contribution in [2.75, 3.05) is 13.1 Å². The molecule has 22 heavy (non-hydrogen) atoms. The molecule has 5 heteroatoms. The molecule has 1 fully saturated rings. The molecular formula is C17H20N2O2S.